The number of aryl methyl sites for hydroxylation is 1. The van der Waals surface area contributed by atoms with Crippen LogP contribution >= 0.6 is 27.5 Å². The van der Waals surface area contributed by atoms with Crippen molar-refractivity contribution >= 4 is 27.5 Å². The Labute approximate surface area is 120 Å². The zero-order chi connectivity index (χ0) is 13.0. The van der Waals surface area contributed by atoms with E-state index in [4.69, 9.17) is 16.3 Å². The summed E-state index contributed by atoms with van der Waals surface area (Å²) in [6.45, 7) is 2.45. The van der Waals surface area contributed by atoms with Crippen molar-refractivity contribution < 1.29 is 4.74 Å². The van der Waals surface area contributed by atoms with Gasteiger partial charge in [-0.3, -0.25) is 4.98 Å². The van der Waals surface area contributed by atoms with E-state index in [-0.39, 0.29) is 0 Å². The summed E-state index contributed by atoms with van der Waals surface area (Å²) in [6, 6.07) is 11.9. The van der Waals surface area contributed by atoms with Crippen LogP contribution in [0.4, 0.5) is 0 Å². The standard InChI is InChI=1S/C14H13BrClNO/c1-10-5-6-14(13(8-16)17-10)18-9-11-3-2-4-12(15)7-11/h2-7H,8-9H2,1H3. The largest absolute Gasteiger partial charge is 0.487 e. The van der Waals surface area contributed by atoms with E-state index in [0.717, 1.165) is 27.2 Å². The molecule has 0 N–H and O–H groups in total. The van der Waals surface area contributed by atoms with E-state index in [0.29, 0.717) is 12.5 Å². The number of halogens is 2. The predicted molar refractivity (Wildman–Crippen MR) is 77.0 cm³/mol. The van der Waals surface area contributed by atoms with Gasteiger partial charge in [0.1, 0.15) is 12.4 Å². The van der Waals surface area contributed by atoms with Gasteiger partial charge in [-0.2, -0.15) is 0 Å². The third-order valence-corrected chi connectivity index (χ3v) is 3.23. The van der Waals surface area contributed by atoms with Crippen LogP contribution in [0.3, 0.4) is 0 Å². The summed E-state index contributed by atoms with van der Waals surface area (Å²) in [4.78, 5) is 4.36. The van der Waals surface area contributed by atoms with Crippen LogP contribution in [0.1, 0.15) is 17.0 Å². The van der Waals surface area contributed by atoms with Crippen LogP contribution in [0.25, 0.3) is 0 Å². The second-order valence-electron chi connectivity index (χ2n) is 3.95. The Bertz CT molecular complexity index is 545. The average Bonchev–Trinajstić information content (AvgIpc) is 2.37. The monoisotopic (exact) mass is 325 g/mol. The number of hydrogen-bond acceptors (Lipinski definition) is 2. The quantitative estimate of drug-likeness (QED) is 0.773. The normalized spacial score (nSPS) is 10.4. The molecule has 0 aliphatic carbocycles. The first-order valence-electron chi connectivity index (χ1n) is 5.59. The first-order valence-corrected chi connectivity index (χ1v) is 6.91. The lowest BCUT2D eigenvalue weighted by molar-refractivity contribution is 0.302. The molecule has 2 rings (SSSR count). The molecule has 1 heterocycles. The zero-order valence-electron chi connectivity index (χ0n) is 9.99. The van der Waals surface area contributed by atoms with E-state index < -0.39 is 0 Å². The Morgan fingerprint density at radius 2 is 2.11 bits per heavy atom. The van der Waals surface area contributed by atoms with Gasteiger partial charge in [-0.05, 0) is 36.8 Å². The third-order valence-electron chi connectivity index (χ3n) is 2.48. The minimum atomic E-state index is 0.357. The van der Waals surface area contributed by atoms with Gasteiger partial charge in [0.2, 0.25) is 0 Å². The minimum absolute atomic E-state index is 0.357. The molecule has 0 aliphatic rings. The average molecular weight is 327 g/mol. The lowest BCUT2D eigenvalue weighted by Gasteiger charge is -2.10. The predicted octanol–water partition coefficient (Wildman–Crippen LogP) is 4.47. The van der Waals surface area contributed by atoms with Crippen LogP contribution < -0.4 is 4.74 Å². The van der Waals surface area contributed by atoms with Gasteiger partial charge in [0.25, 0.3) is 0 Å². The number of aromatic nitrogens is 1. The maximum atomic E-state index is 5.86. The molecule has 0 saturated heterocycles. The molecule has 4 heteroatoms. The Hall–Kier alpha value is -1.06. The van der Waals surface area contributed by atoms with Crippen LogP contribution in [0.5, 0.6) is 5.75 Å². The number of ether oxygens (including phenoxy) is 1. The summed E-state index contributed by atoms with van der Waals surface area (Å²) in [5, 5.41) is 0. The fraction of sp³-hybridized carbons (Fsp3) is 0.214. The van der Waals surface area contributed by atoms with Crippen LogP contribution in [0.15, 0.2) is 40.9 Å². The number of alkyl halides is 1. The smallest absolute Gasteiger partial charge is 0.142 e. The highest BCUT2D eigenvalue weighted by atomic mass is 79.9. The van der Waals surface area contributed by atoms with Crippen molar-refractivity contribution in [1.82, 2.24) is 4.98 Å². The van der Waals surface area contributed by atoms with E-state index in [1.165, 1.54) is 0 Å². The van der Waals surface area contributed by atoms with Gasteiger partial charge in [0.15, 0.2) is 0 Å². The molecule has 0 atom stereocenters. The van der Waals surface area contributed by atoms with Crippen molar-refractivity contribution in [3.8, 4) is 5.75 Å². The molecule has 1 aromatic carbocycles. The topological polar surface area (TPSA) is 22.1 Å². The fourth-order valence-electron chi connectivity index (χ4n) is 1.61. The van der Waals surface area contributed by atoms with Crippen molar-refractivity contribution in [2.24, 2.45) is 0 Å². The molecule has 0 amide bonds. The maximum absolute atomic E-state index is 5.86. The Morgan fingerprint density at radius 1 is 1.28 bits per heavy atom. The molecule has 0 radical (unpaired) electrons. The minimum Gasteiger partial charge on any atom is -0.487 e. The molecule has 0 bridgehead atoms. The lowest BCUT2D eigenvalue weighted by atomic mass is 10.2. The third kappa shape index (κ3) is 3.47. The second kappa shape index (κ2) is 6.21. The lowest BCUT2D eigenvalue weighted by Crippen LogP contribution is -2.00. The van der Waals surface area contributed by atoms with Crippen LogP contribution in [-0.2, 0) is 12.5 Å². The molecule has 0 unspecified atom stereocenters. The van der Waals surface area contributed by atoms with Gasteiger partial charge in [0, 0.05) is 10.2 Å². The summed E-state index contributed by atoms with van der Waals surface area (Å²) < 4.78 is 6.80. The number of rotatable bonds is 4. The molecule has 94 valence electrons. The maximum Gasteiger partial charge on any atom is 0.142 e. The SMILES string of the molecule is Cc1ccc(OCc2cccc(Br)c2)c(CCl)n1. The molecule has 0 aliphatic heterocycles. The Morgan fingerprint density at radius 3 is 2.83 bits per heavy atom. The van der Waals surface area contributed by atoms with E-state index in [1.54, 1.807) is 0 Å². The van der Waals surface area contributed by atoms with E-state index >= 15 is 0 Å². The molecular weight excluding hydrogens is 314 g/mol. The number of nitrogens with zero attached hydrogens (tertiary/aromatic N) is 1. The highest BCUT2D eigenvalue weighted by Gasteiger charge is 2.05. The summed E-state index contributed by atoms with van der Waals surface area (Å²) in [7, 11) is 0. The van der Waals surface area contributed by atoms with Crippen molar-refractivity contribution in [2.45, 2.75) is 19.4 Å². The molecule has 2 nitrogen and oxygen atoms in total. The van der Waals surface area contributed by atoms with Gasteiger partial charge in [-0.25, -0.2) is 0 Å². The summed E-state index contributed by atoms with van der Waals surface area (Å²) in [6.07, 6.45) is 0. The van der Waals surface area contributed by atoms with Gasteiger partial charge in [-0.1, -0.05) is 28.1 Å². The van der Waals surface area contributed by atoms with E-state index in [1.807, 2.05) is 43.3 Å². The molecule has 18 heavy (non-hydrogen) atoms. The summed E-state index contributed by atoms with van der Waals surface area (Å²) >= 11 is 9.30. The molecular formula is C14H13BrClNO. The first kappa shape index (κ1) is 13.4. The van der Waals surface area contributed by atoms with Crippen molar-refractivity contribution in [3.05, 3.63) is 57.8 Å². The van der Waals surface area contributed by atoms with Crippen LogP contribution in [-0.4, -0.2) is 4.98 Å². The van der Waals surface area contributed by atoms with E-state index in [9.17, 15) is 0 Å². The Kier molecular flexibility index (Phi) is 4.61. The van der Waals surface area contributed by atoms with Crippen molar-refractivity contribution in [1.29, 1.82) is 0 Å². The van der Waals surface area contributed by atoms with Crippen LogP contribution in [0, 0.1) is 6.92 Å². The van der Waals surface area contributed by atoms with E-state index in [2.05, 4.69) is 20.9 Å². The Balaban J connectivity index is 2.10. The van der Waals surface area contributed by atoms with Gasteiger partial charge in [-0.15, -0.1) is 11.6 Å². The molecule has 0 spiro atoms. The highest BCUT2D eigenvalue weighted by Crippen LogP contribution is 2.21. The van der Waals surface area contributed by atoms with Gasteiger partial charge in [0.05, 0.1) is 11.6 Å². The van der Waals surface area contributed by atoms with Crippen molar-refractivity contribution in [2.75, 3.05) is 0 Å². The molecule has 0 fully saturated rings. The number of benzene rings is 1. The second-order valence-corrected chi connectivity index (χ2v) is 5.13. The summed E-state index contributed by atoms with van der Waals surface area (Å²) in [5.74, 6) is 1.10. The number of pyridine rings is 1. The molecule has 1 aromatic heterocycles. The number of hydrogen-bond donors (Lipinski definition) is 0. The highest BCUT2D eigenvalue weighted by molar-refractivity contribution is 9.10. The van der Waals surface area contributed by atoms with Crippen LogP contribution in [0.2, 0.25) is 0 Å². The van der Waals surface area contributed by atoms with Gasteiger partial charge < -0.3 is 4.74 Å². The fourth-order valence-corrected chi connectivity index (χ4v) is 2.25. The summed E-state index contributed by atoms with van der Waals surface area (Å²) in [5.41, 5.74) is 2.83. The first-order chi connectivity index (χ1) is 8.69. The van der Waals surface area contributed by atoms with Crippen molar-refractivity contribution in [3.63, 3.8) is 0 Å². The zero-order valence-corrected chi connectivity index (χ0v) is 12.3. The molecule has 2 aromatic rings. The van der Waals surface area contributed by atoms with Gasteiger partial charge >= 0.3 is 0 Å². The molecule has 0 saturated carbocycles.